The van der Waals surface area contributed by atoms with E-state index in [2.05, 4.69) is 101 Å². The van der Waals surface area contributed by atoms with Crippen LogP contribution in [-0.4, -0.2) is 41.6 Å². The van der Waals surface area contributed by atoms with Crippen molar-refractivity contribution >= 4 is 23.5 Å². The van der Waals surface area contributed by atoms with Crippen molar-refractivity contribution in [2.24, 2.45) is 5.92 Å². The molecule has 0 aliphatic heterocycles. The highest BCUT2D eigenvalue weighted by atomic mass is 35.5. The van der Waals surface area contributed by atoms with Crippen molar-refractivity contribution in [2.75, 3.05) is 31.1 Å². The third-order valence-corrected chi connectivity index (χ3v) is 6.22. The highest BCUT2D eigenvalue weighted by molar-refractivity contribution is 6.04. The summed E-state index contributed by atoms with van der Waals surface area (Å²) in [6.07, 6.45) is 2.05. The van der Waals surface area contributed by atoms with Gasteiger partial charge in [0.2, 0.25) is 5.91 Å². The van der Waals surface area contributed by atoms with Crippen LogP contribution in [0.3, 0.4) is 0 Å². The van der Waals surface area contributed by atoms with Gasteiger partial charge in [0.05, 0.1) is 17.8 Å². The fraction of sp³-hybridized carbons (Fsp3) is 0.536. The first-order chi connectivity index (χ1) is 15.8. The summed E-state index contributed by atoms with van der Waals surface area (Å²) in [5, 5.41) is 0. The van der Waals surface area contributed by atoms with E-state index >= 15 is 0 Å². The average molecular weight is 475 g/mol. The third-order valence-electron chi connectivity index (χ3n) is 6.22. The summed E-state index contributed by atoms with van der Waals surface area (Å²) in [6.45, 7) is 19.0. The Kier molecular flexibility index (Phi) is 13.3. The number of hydrogen-bond donors (Lipinski definition) is 1. The van der Waals surface area contributed by atoms with Gasteiger partial charge in [-0.15, -0.1) is 0 Å². The molecule has 2 aromatic rings. The molecule has 0 saturated carbocycles. The van der Waals surface area contributed by atoms with Crippen molar-refractivity contribution in [2.45, 2.75) is 67.2 Å². The number of aryl methyl sites for hydroxylation is 2. The molecule has 1 atom stereocenters. The van der Waals surface area contributed by atoms with Crippen LogP contribution in [0.15, 0.2) is 42.5 Å². The van der Waals surface area contributed by atoms with Crippen LogP contribution < -0.4 is 4.90 Å². The molecule has 0 aliphatic rings. The van der Waals surface area contributed by atoms with E-state index in [4.69, 9.17) is 4.66 Å². The molecule has 2 rings (SSSR count). The first kappa shape index (κ1) is 29.2. The van der Waals surface area contributed by atoms with Crippen LogP contribution in [0.5, 0.6) is 0 Å². The van der Waals surface area contributed by atoms with E-state index < -0.39 is 0 Å². The number of halogens is 1. The number of benzene rings is 2. The second-order valence-corrected chi connectivity index (χ2v) is 9.17. The Bertz CT molecular complexity index is 812. The van der Waals surface area contributed by atoms with Crippen LogP contribution in [0.4, 0.5) is 5.69 Å². The average Bonchev–Trinajstić information content (AvgIpc) is 2.81. The van der Waals surface area contributed by atoms with E-state index in [0.717, 1.165) is 61.4 Å². The number of carbonyl (C=O) groups is 1. The molecule has 0 heterocycles. The van der Waals surface area contributed by atoms with E-state index in [1.807, 2.05) is 11.8 Å². The van der Waals surface area contributed by atoms with Crippen LogP contribution in [-0.2, 0) is 11.2 Å². The van der Waals surface area contributed by atoms with E-state index in [-0.39, 0.29) is 11.8 Å². The van der Waals surface area contributed by atoms with Gasteiger partial charge in [-0.3, -0.25) is 9.45 Å². The number of hydrogen-bond acceptors (Lipinski definition) is 3. The quantitative estimate of drug-likeness (QED) is 0.404. The standard InChI is InChI=1S/C28H42N2O.ClHO/c1-8-29(9-2)18-11-19-30(27-22(5)12-10-13-23(27)6)28(31)24(7)26-16-14-25(15-17-26)20-21(3)4;1-2/h10,12-17,21,24H,8-9,11,18-20H2,1-7H3;2H. The predicted molar refractivity (Wildman–Crippen MR) is 142 cm³/mol. The second-order valence-electron chi connectivity index (χ2n) is 9.17. The van der Waals surface area contributed by atoms with Gasteiger partial charge < -0.3 is 9.80 Å². The minimum absolute atomic E-state index is 0.166. The zero-order valence-corrected chi connectivity index (χ0v) is 22.3. The SMILES string of the molecule is CCN(CC)CCCN(C(=O)C(C)c1ccc(CC(C)C)cc1)c1c(C)cccc1C.OCl. The fourth-order valence-electron chi connectivity index (χ4n) is 4.35. The summed E-state index contributed by atoms with van der Waals surface area (Å²) >= 11 is 3.64. The molecule has 0 spiro atoms. The molecule has 5 heteroatoms. The summed E-state index contributed by atoms with van der Waals surface area (Å²) in [7, 11) is 0. The van der Waals surface area contributed by atoms with Crippen LogP contribution in [0.1, 0.15) is 69.2 Å². The van der Waals surface area contributed by atoms with Crippen molar-refractivity contribution in [1.29, 1.82) is 0 Å². The van der Waals surface area contributed by atoms with Crippen LogP contribution in [0.2, 0.25) is 0 Å². The van der Waals surface area contributed by atoms with Gasteiger partial charge in [0, 0.05) is 12.2 Å². The van der Waals surface area contributed by atoms with E-state index in [9.17, 15) is 4.79 Å². The lowest BCUT2D eigenvalue weighted by Gasteiger charge is -2.30. The number of anilines is 1. The number of rotatable bonds is 11. The Morgan fingerprint density at radius 3 is 1.94 bits per heavy atom. The van der Waals surface area contributed by atoms with Gasteiger partial charge in [-0.25, -0.2) is 0 Å². The number of amides is 1. The minimum Gasteiger partial charge on any atom is -0.311 e. The highest BCUT2D eigenvalue weighted by Gasteiger charge is 2.25. The monoisotopic (exact) mass is 474 g/mol. The van der Waals surface area contributed by atoms with E-state index in [1.54, 1.807) is 0 Å². The zero-order chi connectivity index (χ0) is 25.0. The summed E-state index contributed by atoms with van der Waals surface area (Å²) in [5.74, 6) is 0.657. The lowest BCUT2D eigenvalue weighted by molar-refractivity contribution is -0.119. The van der Waals surface area contributed by atoms with Crippen LogP contribution >= 0.6 is 11.9 Å². The molecular formula is C28H43ClN2O2. The van der Waals surface area contributed by atoms with Crippen molar-refractivity contribution < 1.29 is 9.45 Å². The van der Waals surface area contributed by atoms with Gasteiger partial charge in [0.15, 0.2) is 0 Å². The van der Waals surface area contributed by atoms with E-state index in [0.29, 0.717) is 5.92 Å². The lowest BCUT2D eigenvalue weighted by Crippen LogP contribution is -2.38. The van der Waals surface area contributed by atoms with Gasteiger partial charge >= 0.3 is 0 Å². The molecule has 0 aromatic heterocycles. The number of para-hydroxylation sites is 1. The van der Waals surface area contributed by atoms with Gasteiger partial charge in [-0.1, -0.05) is 70.2 Å². The molecule has 1 N–H and O–H groups in total. The van der Waals surface area contributed by atoms with Crippen LogP contribution in [0, 0.1) is 19.8 Å². The normalized spacial score (nSPS) is 11.8. The summed E-state index contributed by atoms with van der Waals surface area (Å²) in [4.78, 5) is 18.2. The van der Waals surface area contributed by atoms with Gasteiger partial charge in [-0.2, -0.15) is 0 Å². The maximum Gasteiger partial charge on any atom is 0.234 e. The van der Waals surface area contributed by atoms with E-state index in [1.165, 1.54) is 5.56 Å². The lowest BCUT2D eigenvalue weighted by atomic mass is 9.95. The zero-order valence-electron chi connectivity index (χ0n) is 21.6. The number of nitrogens with zero attached hydrogens (tertiary/aromatic N) is 2. The Morgan fingerprint density at radius 1 is 0.909 bits per heavy atom. The summed E-state index contributed by atoms with van der Waals surface area (Å²) < 4.78 is 6.47. The Labute approximate surface area is 206 Å². The predicted octanol–water partition coefficient (Wildman–Crippen LogP) is 6.50. The largest absolute Gasteiger partial charge is 0.311 e. The van der Waals surface area contributed by atoms with Gasteiger partial charge in [0.25, 0.3) is 0 Å². The Morgan fingerprint density at radius 2 is 1.45 bits per heavy atom. The first-order valence-corrected chi connectivity index (χ1v) is 12.5. The van der Waals surface area contributed by atoms with Crippen molar-refractivity contribution in [3.63, 3.8) is 0 Å². The van der Waals surface area contributed by atoms with Gasteiger partial charge in [0.1, 0.15) is 0 Å². The molecule has 4 nitrogen and oxygen atoms in total. The molecule has 0 saturated heterocycles. The Balaban J connectivity index is 0.00000265. The Hall–Kier alpha value is -1.88. The van der Waals surface area contributed by atoms with Crippen molar-refractivity contribution in [3.05, 3.63) is 64.7 Å². The van der Waals surface area contributed by atoms with Crippen LogP contribution in [0.25, 0.3) is 0 Å². The van der Waals surface area contributed by atoms with Crippen molar-refractivity contribution in [3.8, 4) is 0 Å². The molecule has 0 radical (unpaired) electrons. The van der Waals surface area contributed by atoms with Crippen molar-refractivity contribution in [1.82, 2.24) is 4.90 Å². The molecule has 184 valence electrons. The molecule has 0 bridgehead atoms. The smallest absolute Gasteiger partial charge is 0.234 e. The third kappa shape index (κ3) is 8.77. The minimum atomic E-state index is -0.166. The second kappa shape index (κ2) is 15.1. The summed E-state index contributed by atoms with van der Waals surface area (Å²) in [5.41, 5.74) is 5.84. The van der Waals surface area contributed by atoms with Gasteiger partial charge in [-0.05, 0) is 81.4 Å². The molecule has 0 fully saturated rings. The molecule has 0 aliphatic carbocycles. The number of carbonyl (C=O) groups excluding carboxylic acids is 1. The first-order valence-electron chi connectivity index (χ1n) is 12.1. The maximum absolute atomic E-state index is 13.7. The molecule has 2 aromatic carbocycles. The molecule has 1 amide bonds. The molecule has 33 heavy (non-hydrogen) atoms. The fourth-order valence-corrected chi connectivity index (χ4v) is 4.35. The molecular weight excluding hydrogens is 432 g/mol. The maximum atomic E-state index is 13.7. The molecule has 1 unspecified atom stereocenters. The summed E-state index contributed by atoms with van der Waals surface area (Å²) in [6, 6.07) is 14.9. The highest BCUT2D eigenvalue weighted by Crippen LogP contribution is 2.29. The topological polar surface area (TPSA) is 43.8 Å².